The third-order valence-corrected chi connectivity index (χ3v) is 7.79. The number of hydrogen-bond donors (Lipinski definition) is 0. The molecule has 0 aromatic carbocycles. The molecule has 216 valence electrons. The quantitative estimate of drug-likeness (QED) is 0.0682. The van der Waals surface area contributed by atoms with E-state index in [0.29, 0.717) is 0 Å². The van der Waals surface area contributed by atoms with Gasteiger partial charge < -0.3 is 9.47 Å². The van der Waals surface area contributed by atoms with E-state index in [-0.39, 0.29) is 24.0 Å². The SMILES string of the molecule is CCCCCCCC/C=C\CCCCCCCCCCCCCCCC[C@H]1C(=O)O[C@H](C)[C@@H]1OC(C)=O. The van der Waals surface area contributed by atoms with Crippen molar-refractivity contribution < 1.29 is 19.1 Å². The van der Waals surface area contributed by atoms with Crippen LogP contribution in [-0.2, 0) is 19.1 Å². The van der Waals surface area contributed by atoms with Gasteiger partial charge in [-0.05, 0) is 39.0 Å². The second kappa shape index (κ2) is 23.8. The summed E-state index contributed by atoms with van der Waals surface area (Å²) in [5.41, 5.74) is 0. The Kier molecular flexibility index (Phi) is 21.7. The van der Waals surface area contributed by atoms with Crippen LogP contribution >= 0.6 is 0 Å². The fourth-order valence-electron chi connectivity index (χ4n) is 5.48. The smallest absolute Gasteiger partial charge is 0.313 e. The molecule has 4 heteroatoms. The molecule has 1 fully saturated rings. The van der Waals surface area contributed by atoms with Crippen molar-refractivity contribution in [1.29, 1.82) is 0 Å². The minimum Gasteiger partial charge on any atom is -0.458 e. The summed E-state index contributed by atoms with van der Waals surface area (Å²) >= 11 is 0. The highest BCUT2D eigenvalue weighted by Crippen LogP contribution is 2.29. The molecule has 0 bridgehead atoms. The standard InChI is InChI=1S/C33H60O4/c1-4-5-6-7-8-9-10-11-12-13-14-15-16-17-18-19-20-21-22-23-24-25-26-27-28-31-32(37-30(3)34)29(2)36-33(31)35/h11-12,29,31-32H,4-10,13-28H2,1-3H3/b12-11-/t29-,31-,32+/m1/s1. The van der Waals surface area contributed by atoms with E-state index in [1.54, 1.807) is 0 Å². The van der Waals surface area contributed by atoms with E-state index >= 15 is 0 Å². The van der Waals surface area contributed by atoms with E-state index in [9.17, 15) is 9.59 Å². The van der Waals surface area contributed by atoms with Crippen molar-refractivity contribution >= 4 is 11.9 Å². The first-order valence-electron chi connectivity index (χ1n) is 16.1. The van der Waals surface area contributed by atoms with E-state index in [1.165, 1.54) is 135 Å². The molecule has 1 aliphatic rings. The molecule has 0 aromatic rings. The molecular formula is C33H60O4. The molecule has 1 aliphatic heterocycles. The lowest BCUT2D eigenvalue weighted by Crippen LogP contribution is -2.30. The molecule has 0 spiro atoms. The first-order chi connectivity index (χ1) is 18.1. The summed E-state index contributed by atoms with van der Waals surface area (Å²) in [5.74, 6) is -0.821. The first-order valence-corrected chi connectivity index (χ1v) is 16.1. The number of cyclic esters (lactones) is 1. The zero-order valence-corrected chi connectivity index (χ0v) is 24.8. The Balaban J connectivity index is 1.79. The lowest BCUT2D eigenvalue weighted by molar-refractivity contribution is -0.150. The zero-order valence-electron chi connectivity index (χ0n) is 24.8. The van der Waals surface area contributed by atoms with Gasteiger partial charge in [-0.15, -0.1) is 0 Å². The molecule has 0 radical (unpaired) electrons. The molecule has 0 saturated carbocycles. The van der Waals surface area contributed by atoms with Crippen LogP contribution < -0.4 is 0 Å². The number of hydrogen-bond acceptors (Lipinski definition) is 4. The van der Waals surface area contributed by atoms with Crippen LogP contribution in [0.3, 0.4) is 0 Å². The van der Waals surface area contributed by atoms with Crippen LogP contribution in [0.4, 0.5) is 0 Å². The highest BCUT2D eigenvalue weighted by atomic mass is 16.6. The Morgan fingerprint density at radius 2 is 1.11 bits per heavy atom. The van der Waals surface area contributed by atoms with Crippen LogP contribution in [-0.4, -0.2) is 24.1 Å². The van der Waals surface area contributed by atoms with Gasteiger partial charge in [-0.2, -0.15) is 0 Å². The molecule has 1 saturated heterocycles. The third kappa shape index (κ3) is 18.6. The van der Waals surface area contributed by atoms with Crippen molar-refractivity contribution in [1.82, 2.24) is 0 Å². The summed E-state index contributed by atoms with van der Waals surface area (Å²) in [4.78, 5) is 23.3. The predicted octanol–water partition coefficient (Wildman–Crippen LogP) is 10.0. The maximum atomic E-state index is 12.0. The summed E-state index contributed by atoms with van der Waals surface area (Å²) in [7, 11) is 0. The van der Waals surface area contributed by atoms with Gasteiger partial charge in [-0.3, -0.25) is 9.59 Å². The van der Waals surface area contributed by atoms with E-state index in [0.717, 1.165) is 19.3 Å². The van der Waals surface area contributed by atoms with Crippen LogP contribution in [0.25, 0.3) is 0 Å². The molecule has 0 aromatic heterocycles. The van der Waals surface area contributed by atoms with E-state index in [2.05, 4.69) is 19.1 Å². The number of rotatable bonds is 25. The summed E-state index contributed by atoms with van der Waals surface area (Å²) < 4.78 is 10.6. The lowest BCUT2D eigenvalue weighted by atomic mass is 9.94. The van der Waals surface area contributed by atoms with Gasteiger partial charge in [0.25, 0.3) is 0 Å². The Labute approximate surface area is 229 Å². The van der Waals surface area contributed by atoms with Gasteiger partial charge in [0.15, 0.2) is 6.10 Å². The summed E-state index contributed by atoms with van der Waals surface area (Å²) in [6.45, 7) is 5.48. The average Bonchev–Trinajstić information content (AvgIpc) is 3.13. The average molecular weight is 521 g/mol. The molecule has 1 rings (SSSR count). The van der Waals surface area contributed by atoms with Gasteiger partial charge in [0, 0.05) is 6.92 Å². The maximum absolute atomic E-state index is 12.0. The van der Waals surface area contributed by atoms with Crippen molar-refractivity contribution in [2.45, 2.75) is 181 Å². The van der Waals surface area contributed by atoms with Crippen LogP contribution in [0.15, 0.2) is 12.2 Å². The second-order valence-electron chi connectivity index (χ2n) is 11.4. The number of unbranched alkanes of at least 4 members (excludes halogenated alkanes) is 20. The van der Waals surface area contributed by atoms with Crippen LogP contribution in [0.2, 0.25) is 0 Å². The van der Waals surface area contributed by atoms with Gasteiger partial charge in [0.2, 0.25) is 0 Å². The first kappa shape index (κ1) is 33.7. The Morgan fingerprint density at radius 3 is 1.54 bits per heavy atom. The fourth-order valence-corrected chi connectivity index (χ4v) is 5.48. The summed E-state index contributed by atoms with van der Waals surface area (Å²) in [6.07, 6.45) is 34.3. The van der Waals surface area contributed by atoms with E-state index < -0.39 is 6.10 Å². The number of carbonyl (C=O) groups is 2. The zero-order chi connectivity index (χ0) is 27.0. The van der Waals surface area contributed by atoms with Gasteiger partial charge in [0.1, 0.15) is 6.10 Å². The minimum atomic E-state index is -0.410. The van der Waals surface area contributed by atoms with Crippen molar-refractivity contribution in [3.8, 4) is 0 Å². The second-order valence-corrected chi connectivity index (χ2v) is 11.4. The molecular weight excluding hydrogens is 460 g/mol. The van der Waals surface area contributed by atoms with Gasteiger partial charge in [-0.1, -0.05) is 135 Å². The van der Waals surface area contributed by atoms with Crippen molar-refractivity contribution in [3.63, 3.8) is 0 Å². The Hall–Kier alpha value is -1.32. The number of esters is 2. The van der Waals surface area contributed by atoms with Crippen LogP contribution in [0.5, 0.6) is 0 Å². The molecule has 1 heterocycles. The van der Waals surface area contributed by atoms with Crippen LogP contribution in [0.1, 0.15) is 168 Å². The third-order valence-electron chi connectivity index (χ3n) is 7.79. The largest absolute Gasteiger partial charge is 0.458 e. The van der Waals surface area contributed by atoms with Gasteiger partial charge in [0.05, 0.1) is 5.92 Å². The fraction of sp³-hybridized carbons (Fsp3) is 0.879. The van der Waals surface area contributed by atoms with Gasteiger partial charge in [-0.25, -0.2) is 0 Å². The summed E-state index contributed by atoms with van der Waals surface area (Å²) in [6, 6.07) is 0. The van der Waals surface area contributed by atoms with Crippen molar-refractivity contribution in [2.24, 2.45) is 5.92 Å². The monoisotopic (exact) mass is 520 g/mol. The highest BCUT2D eigenvalue weighted by Gasteiger charge is 2.44. The predicted molar refractivity (Wildman–Crippen MR) is 156 cm³/mol. The maximum Gasteiger partial charge on any atom is 0.313 e. The molecule has 4 nitrogen and oxygen atoms in total. The van der Waals surface area contributed by atoms with E-state index in [1.807, 2.05) is 6.92 Å². The lowest BCUT2D eigenvalue weighted by Gasteiger charge is -2.18. The highest BCUT2D eigenvalue weighted by molar-refractivity contribution is 5.76. The molecule has 0 unspecified atom stereocenters. The van der Waals surface area contributed by atoms with Gasteiger partial charge >= 0.3 is 11.9 Å². The number of carbonyl (C=O) groups excluding carboxylic acids is 2. The Bertz CT molecular complexity index is 585. The number of allylic oxidation sites excluding steroid dienone is 2. The number of ether oxygens (including phenoxy) is 2. The van der Waals surface area contributed by atoms with Crippen molar-refractivity contribution in [3.05, 3.63) is 12.2 Å². The minimum absolute atomic E-state index is 0.204. The molecule has 0 aliphatic carbocycles. The molecule has 37 heavy (non-hydrogen) atoms. The summed E-state index contributed by atoms with van der Waals surface area (Å²) in [5, 5.41) is 0. The normalized spacial score (nSPS) is 19.5. The molecule has 0 amide bonds. The van der Waals surface area contributed by atoms with Crippen LogP contribution in [0, 0.1) is 5.92 Å². The van der Waals surface area contributed by atoms with E-state index in [4.69, 9.17) is 9.47 Å². The van der Waals surface area contributed by atoms with Crippen molar-refractivity contribution in [2.75, 3.05) is 0 Å². The topological polar surface area (TPSA) is 52.6 Å². The Morgan fingerprint density at radius 1 is 0.703 bits per heavy atom. The molecule has 3 atom stereocenters. The molecule has 0 N–H and O–H groups in total.